The largest absolute Gasteiger partial charge is 0.344 e. The van der Waals surface area contributed by atoms with E-state index in [2.05, 4.69) is 15.5 Å². The van der Waals surface area contributed by atoms with E-state index in [1.165, 1.54) is 6.42 Å². The van der Waals surface area contributed by atoms with Gasteiger partial charge in [-0.3, -0.25) is 4.79 Å². The van der Waals surface area contributed by atoms with Gasteiger partial charge >= 0.3 is 0 Å². The molecule has 0 aliphatic heterocycles. The first-order chi connectivity index (χ1) is 11.1. The highest BCUT2D eigenvalue weighted by molar-refractivity contribution is 5.79. The number of carbonyl (C=O) groups excluding carboxylic acids is 1. The summed E-state index contributed by atoms with van der Waals surface area (Å²) in [4.78, 5) is 16.7. The molecule has 0 radical (unpaired) electrons. The lowest BCUT2D eigenvalue weighted by Crippen LogP contribution is -2.33. The third-order valence-electron chi connectivity index (χ3n) is 4.42. The first kappa shape index (κ1) is 15.7. The van der Waals surface area contributed by atoms with Crippen LogP contribution in [0.1, 0.15) is 56.5 Å². The molecule has 0 spiro atoms. The molecule has 1 aromatic carbocycles. The number of nitrogens with one attached hydrogen (secondary N) is 1. The molecule has 1 saturated carbocycles. The molecule has 0 saturated heterocycles. The fourth-order valence-corrected chi connectivity index (χ4v) is 3.07. The van der Waals surface area contributed by atoms with Crippen LogP contribution in [0.25, 0.3) is 11.4 Å². The molecule has 1 aliphatic rings. The highest BCUT2D eigenvalue weighted by atomic mass is 16.5. The number of carbonyl (C=O) groups is 1. The van der Waals surface area contributed by atoms with E-state index in [-0.39, 0.29) is 17.9 Å². The minimum Gasteiger partial charge on any atom is -0.344 e. The summed E-state index contributed by atoms with van der Waals surface area (Å²) in [5.41, 5.74) is 2.07. The molecule has 5 nitrogen and oxygen atoms in total. The van der Waals surface area contributed by atoms with Crippen LogP contribution < -0.4 is 5.32 Å². The lowest BCUT2D eigenvalue weighted by atomic mass is 9.88. The maximum atomic E-state index is 12.3. The smallest absolute Gasteiger partial charge is 0.249 e. The summed E-state index contributed by atoms with van der Waals surface area (Å²) in [6.45, 7) is 3.91. The summed E-state index contributed by atoms with van der Waals surface area (Å²) in [6, 6.07) is 7.69. The molecule has 1 atom stereocenters. The van der Waals surface area contributed by atoms with Crippen molar-refractivity contribution >= 4 is 5.91 Å². The monoisotopic (exact) mass is 313 g/mol. The zero-order valence-electron chi connectivity index (χ0n) is 13.7. The maximum Gasteiger partial charge on any atom is 0.249 e. The normalized spacial score (nSPS) is 17.0. The van der Waals surface area contributed by atoms with Crippen molar-refractivity contribution in [2.45, 2.75) is 52.0 Å². The number of rotatable bonds is 4. The topological polar surface area (TPSA) is 68.0 Å². The second kappa shape index (κ2) is 6.94. The van der Waals surface area contributed by atoms with Crippen molar-refractivity contribution in [2.24, 2.45) is 5.92 Å². The Morgan fingerprint density at radius 1 is 1.30 bits per heavy atom. The molecule has 2 aromatic rings. The van der Waals surface area contributed by atoms with Crippen LogP contribution in [0.2, 0.25) is 0 Å². The fraction of sp³-hybridized carbons (Fsp3) is 0.500. The van der Waals surface area contributed by atoms with Gasteiger partial charge in [0.2, 0.25) is 17.6 Å². The van der Waals surface area contributed by atoms with Crippen molar-refractivity contribution in [3.63, 3.8) is 0 Å². The van der Waals surface area contributed by atoms with Crippen LogP contribution in [0, 0.1) is 12.8 Å². The Morgan fingerprint density at radius 3 is 2.83 bits per heavy atom. The molecule has 0 unspecified atom stereocenters. The summed E-state index contributed by atoms with van der Waals surface area (Å²) in [7, 11) is 0. The molecular weight excluding hydrogens is 290 g/mol. The predicted molar refractivity (Wildman–Crippen MR) is 87.6 cm³/mol. The van der Waals surface area contributed by atoms with Gasteiger partial charge < -0.3 is 9.84 Å². The standard InChI is InChI=1S/C18H23N3O2/c1-12-7-6-10-15(11-12)16-20-18(23-21-16)13(2)19-17(22)14-8-4-3-5-9-14/h6-7,10-11,13-14H,3-5,8-9H2,1-2H3,(H,19,22)/t13-/m0/s1. The van der Waals surface area contributed by atoms with Crippen molar-refractivity contribution in [3.8, 4) is 11.4 Å². The van der Waals surface area contributed by atoms with E-state index in [1.54, 1.807) is 0 Å². The number of benzene rings is 1. The van der Waals surface area contributed by atoms with Gasteiger partial charge in [0.15, 0.2) is 0 Å². The zero-order chi connectivity index (χ0) is 16.2. The van der Waals surface area contributed by atoms with E-state index in [1.807, 2.05) is 38.1 Å². The zero-order valence-corrected chi connectivity index (χ0v) is 13.7. The fourth-order valence-electron chi connectivity index (χ4n) is 3.07. The van der Waals surface area contributed by atoms with Crippen molar-refractivity contribution in [1.82, 2.24) is 15.5 Å². The summed E-state index contributed by atoms with van der Waals surface area (Å²) in [6.07, 6.45) is 5.49. The molecular formula is C18H23N3O2. The van der Waals surface area contributed by atoms with E-state index >= 15 is 0 Å². The van der Waals surface area contributed by atoms with Gasteiger partial charge in [0, 0.05) is 11.5 Å². The lowest BCUT2D eigenvalue weighted by Gasteiger charge is -2.22. The number of hydrogen-bond donors (Lipinski definition) is 1. The van der Waals surface area contributed by atoms with Crippen LogP contribution in [0.4, 0.5) is 0 Å². The molecule has 5 heteroatoms. The van der Waals surface area contributed by atoms with Gasteiger partial charge in [0.1, 0.15) is 6.04 Å². The van der Waals surface area contributed by atoms with Gasteiger partial charge in [-0.2, -0.15) is 4.98 Å². The maximum absolute atomic E-state index is 12.3. The molecule has 23 heavy (non-hydrogen) atoms. The molecule has 3 rings (SSSR count). The Hall–Kier alpha value is -2.17. The number of nitrogens with zero attached hydrogens (tertiary/aromatic N) is 2. The van der Waals surface area contributed by atoms with Crippen LogP contribution in [-0.4, -0.2) is 16.0 Å². The van der Waals surface area contributed by atoms with Crippen LogP contribution >= 0.6 is 0 Å². The third kappa shape index (κ3) is 3.78. The van der Waals surface area contributed by atoms with Gasteiger partial charge in [0.05, 0.1) is 0 Å². The van der Waals surface area contributed by atoms with Crippen LogP contribution in [0.5, 0.6) is 0 Å². The molecule has 122 valence electrons. The molecule has 1 aliphatic carbocycles. The molecule has 1 amide bonds. The van der Waals surface area contributed by atoms with E-state index in [4.69, 9.17) is 4.52 Å². The molecule has 0 bridgehead atoms. The van der Waals surface area contributed by atoms with Gasteiger partial charge in [0.25, 0.3) is 0 Å². The van der Waals surface area contributed by atoms with Crippen molar-refractivity contribution in [3.05, 3.63) is 35.7 Å². The first-order valence-electron chi connectivity index (χ1n) is 8.34. The van der Waals surface area contributed by atoms with Crippen molar-refractivity contribution in [1.29, 1.82) is 0 Å². The summed E-state index contributed by atoms with van der Waals surface area (Å²) in [5, 5.41) is 7.04. The minimum atomic E-state index is -0.268. The van der Waals surface area contributed by atoms with E-state index < -0.39 is 0 Å². The Bertz CT molecular complexity index is 674. The van der Waals surface area contributed by atoms with Gasteiger partial charge in [-0.1, -0.05) is 48.2 Å². The van der Waals surface area contributed by atoms with E-state index in [9.17, 15) is 4.79 Å². The third-order valence-corrected chi connectivity index (χ3v) is 4.42. The van der Waals surface area contributed by atoms with Crippen LogP contribution in [0.15, 0.2) is 28.8 Å². The van der Waals surface area contributed by atoms with E-state index in [0.29, 0.717) is 11.7 Å². The van der Waals surface area contributed by atoms with Crippen molar-refractivity contribution in [2.75, 3.05) is 0 Å². The molecule has 1 aromatic heterocycles. The van der Waals surface area contributed by atoms with Gasteiger partial charge in [-0.15, -0.1) is 0 Å². The van der Waals surface area contributed by atoms with Crippen molar-refractivity contribution < 1.29 is 9.32 Å². The first-order valence-corrected chi connectivity index (χ1v) is 8.34. The van der Waals surface area contributed by atoms with E-state index in [0.717, 1.165) is 36.8 Å². The second-order valence-electron chi connectivity index (χ2n) is 6.39. The highest BCUT2D eigenvalue weighted by Gasteiger charge is 2.24. The predicted octanol–water partition coefficient (Wildman–Crippen LogP) is 3.80. The average molecular weight is 313 g/mol. The minimum absolute atomic E-state index is 0.104. The Morgan fingerprint density at radius 2 is 2.09 bits per heavy atom. The Balaban J connectivity index is 1.66. The quantitative estimate of drug-likeness (QED) is 0.932. The molecule has 1 N–H and O–H groups in total. The molecule has 1 heterocycles. The highest BCUT2D eigenvalue weighted by Crippen LogP contribution is 2.25. The summed E-state index contributed by atoms with van der Waals surface area (Å²) >= 11 is 0. The SMILES string of the molecule is Cc1cccc(-c2noc([C@H](C)NC(=O)C3CCCCC3)n2)c1. The second-order valence-corrected chi connectivity index (χ2v) is 6.39. The molecule has 1 fully saturated rings. The number of hydrogen-bond acceptors (Lipinski definition) is 4. The van der Waals surface area contributed by atoms with Crippen LogP contribution in [0.3, 0.4) is 0 Å². The average Bonchev–Trinajstić information content (AvgIpc) is 3.06. The Kier molecular flexibility index (Phi) is 4.74. The van der Waals surface area contributed by atoms with Gasteiger partial charge in [-0.05, 0) is 32.8 Å². The Labute approximate surface area is 136 Å². The van der Waals surface area contributed by atoms with Gasteiger partial charge in [-0.25, -0.2) is 0 Å². The number of aryl methyl sites for hydroxylation is 1. The van der Waals surface area contributed by atoms with Crippen LogP contribution in [-0.2, 0) is 4.79 Å². The lowest BCUT2D eigenvalue weighted by molar-refractivity contribution is -0.126. The number of amides is 1. The summed E-state index contributed by atoms with van der Waals surface area (Å²) in [5.74, 6) is 1.24. The summed E-state index contributed by atoms with van der Waals surface area (Å²) < 4.78 is 5.33. The number of aromatic nitrogens is 2.